The maximum Gasteiger partial charge on any atom is 0.144 e. The van der Waals surface area contributed by atoms with Crippen LogP contribution in [0.25, 0.3) is 82.4 Å². The Hall–Kier alpha value is -7.24. The van der Waals surface area contributed by atoms with E-state index in [-0.39, 0.29) is 5.41 Å². The van der Waals surface area contributed by atoms with Crippen molar-refractivity contribution in [2.24, 2.45) is 0 Å². The molecular weight excluding hydrogens is 685 g/mol. The van der Waals surface area contributed by atoms with Crippen molar-refractivity contribution in [3.63, 3.8) is 0 Å². The van der Waals surface area contributed by atoms with E-state index in [9.17, 15) is 0 Å². The van der Waals surface area contributed by atoms with E-state index in [4.69, 9.17) is 14.5 Å². The van der Waals surface area contributed by atoms with Crippen LogP contribution in [0.15, 0.2) is 174 Å². The molecule has 4 heterocycles. The Kier molecular flexibility index (Phi) is 6.33. The maximum absolute atomic E-state index is 6.59. The Morgan fingerprint density at radius 3 is 2.11 bits per heavy atom. The van der Waals surface area contributed by atoms with E-state index in [1.165, 1.54) is 22.3 Å². The molecule has 0 spiro atoms. The van der Waals surface area contributed by atoms with Gasteiger partial charge in [-0.25, -0.2) is 9.50 Å². The molecule has 0 aliphatic heterocycles. The highest BCUT2D eigenvalue weighted by Gasteiger charge is 2.36. The molecule has 4 aromatic heterocycles. The molecule has 0 N–H and O–H groups in total. The third kappa shape index (κ3) is 4.31. The average Bonchev–Trinajstić information content (AvgIpc) is 3.89. The number of furan rings is 1. The van der Waals surface area contributed by atoms with Gasteiger partial charge in [0.25, 0.3) is 0 Å². The smallest absolute Gasteiger partial charge is 0.144 e. The molecule has 1 aliphatic rings. The summed E-state index contributed by atoms with van der Waals surface area (Å²) < 4.78 is 8.68. The lowest BCUT2D eigenvalue weighted by molar-refractivity contribution is 0.660. The molecule has 7 aromatic carbocycles. The van der Waals surface area contributed by atoms with Crippen molar-refractivity contribution in [3.8, 4) is 22.4 Å². The highest BCUT2D eigenvalue weighted by Crippen LogP contribution is 2.51. The van der Waals surface area contributed by atoms with Crippen LogP contribution in [-0.4, -0.2) is 14.6 Å². The Balaban J connectivity index is 1.06. The van der Waals surface area contributed by atoms with Crippen molar-refractivity contribution in [2.45, 2.75) is 19.3 Å². The maximum atomic E-state index is 6.59. The molecule has 5 heteroatoms. The van der Waals surface area contributed by atoms with Crippen LogP contribution in [-0.2, 0) is 5.41 Å². The highest BCUT2D eigenvalue weighted by molar-refractivity contribution is 6.24. The SMILES string of the molecule is CC1(C)c2ccccc2-c2ccc(N(c3ccc(-c4nc5ccccc5c5c4ccc4c6ccccc6oc45)cc3)c3cccc4c5ccccc5nn34)cc21. The second kappa shape index (κ2) is 11.4. The van der Waals surface area contributed by atoms with E-state index in [1.54, 1.807) is 0 Å². The highest BCUT2D eigenvalue weighted by atomic mass is 16.3. The summed E-state index contributed by atoms with van der Waals surface area (Å²) in [5.74, 6) is 0.960. The van der Waals surface area contributed by atoms with Gasteiger partial charge in [0.05, 0.1) is 22.2 Å². The first-order valence-electron chi connectivity index (χ1n) is 19.2. The van der Waals surface area contributed by atoms with E-state index in [1.807, 2.05) is 12.1 Å². The molecule has 0 atom stereocenters. The van der Waals surface area contributed by atoms with E-state index in [0.29, 0.717) is 0 Å². The second-order valence-electron chi connectivity index (χ2n) is 15.4. The fourth-order valence-corrected chi connectivity index (χ4v) is 9.30. The van der Waals surface area contributed by atoms with Gasteiger partial charge in [0, 0.05) is 54.7 Å². The van der Waals surface area contributed by atoms with Gasteiger partial charge in [-0.2, -0.15) is 5.10 Å². The summed E-state index contributed by atoms with van der Waals surface area (Å²) in [6.07, 6.45) is 0. The van der Waals surface area contributed by atoms with Crippen LogP contribution in [0, 0.1) is 0 Å². The molecule has 0 unspecified atom stereocenters. The first-order valence-corrected chi connectivity index (χ1v) is 19.2. The van der Waals surface area contributed by atoms with Crippen LogP contribution in [0.2, 0.25) is 0 Å². The molecule has 11 aromatic rings. The van der Waals surface area contributed by atoms with Crippen molar-refractivity contribution >= 4 is 77.2 Å². The Morgan fingerprint density at radius 2 is 1.23 bits per heavy atom. The molecule has 5 nitrogen and oxygen atoms in total. The molecule has 0 saturated heterocycles. The Bertz CT molecular complexity index is 3410. The van der Waals surface area contributed by atoms with Gasteiger partial charge in [-0.1, -0.05) is 123 Å². The predicted molar refractivity (Wildman–Crippen MR) is 230 cm³/mol. The van der Waals surface area contributed by atoms with Crippen LogP contribution in [0.4, 0.5) is 17.2 Å². The zero-order valence-electron chi connectivity index (χ0n) is 30.9. The van der Waals surface area contributed by atoms with E-state index >= 15 is 0 Å². The summed E-state index contributed by atoms with van der Waals surface area (Å²) in [6.45, 7) is 4.67. The molecule has 0 saturated carbocycles. The minimum atomic E-state index is -0.141. The molecule has 264 valence electrons. The van der Waals surface area contributed by atoms with E-state index in [2.05, 4.69) is 181 Å². The van der Waals surface area contributed by atoms with Crippen LogP contribution in [0.1, 0.15) is 25.0 Å². The lowest BCUT2D eigenvalue weighted by atomic mass is 9.82. The molecule has 12 rings (SSSR count). The third-order valence-electron chi connectivity index (χ3n) is 12.0. The number of para-hydroxylation sites is 2. The standard InChI is InChI=1S/C51H34N4O/c1-51(2)41-16-7-3-12-34(41)35-27-26-33(30-42(35)51)54(47-21-11-19-45-38-14-4-9-18-44(38)53-55(45)47)32-24-22-31(23-25-32)49-40-29-28-37-36-13-6-10-20-46(36)56-50(37)48(40)39-15-5-8-17-43(39)52-49/h3-30H,1-2H3. The van der Waals surface area contributed by atoms with Crippen LogP contribution in [0.3, 0.4) is 0 Å². The van der Waals surface area contributed by atoms with E-state index < -0.39 is 0 Å². The van der Waals surface area contributed by atoms with Gasteiger partial charge in [0.1, 0.15) is 17.0 Å². The van der Waals surface area contributed by atoms with Crippen LogP contribution < -0.4 is 4.90 Å². The quantitative estimate of drug-likeness (QED) is 0.170. The fourth-order valence-electron chi connectivity index (χ4n) is 9.30. The Labute approximate surface area is 322 Å². The molecular formula is C51H34N4O. The lowest BCUT2D eigenvalue weighted by Crippen LogP contribution is -2.17. The number of nitrogens with zero attached hydrogens (tertiary/aromatic N) is 4. The average molecular weight is 719 g/mol. The summed E-state index contributed by atoms with van der Waals surface area (Å²) in [6, 6.07) is 60.4. The van der Waals surface area contributed by atoms with Crippen molar-refractivity contribution in [1.82, 2.24) is 14.6 Å². The summed E-state index contributed by atoms with van der Waals surface area (Å²) in [5, 5.41) is 11.7. The minimum absolute atomic E-state index is 0.141. The molecule has 0 bridgehead atoms. The molecule has 0 radical (unpaired) electrons. The minimum Gasteiger partial charge on any atom is -0.455 e. The van der Waals surface area contributed by atoms with Crippen LogP contribution >= 0.6 is 0 Å². The molecule has 56 heavy (non-hydrogen) atoms. The predicted octanol–water partition coefficient (Wildman–Crippen LogP) is 13.5. The molecule has 0 fully saturated rings. The van der Waals surface area contributed by atoms with Gasteiger partial charge >= 0.3 is 0 Å². The number of benzene rings is 7. The third-order valence-corrected chi connectivity index (χ3v) is 12.0. The number of fused-ring (bicyclic) bond motifs is 13. The summed E-state index contributed by atoms with van der Waals surface area (Å²) in [5.41, 5.74) is 14.0. The first-order chi connectivity index (χ1) is 27.5. The number of rotatable bonds is 4. The second-order valence-corrected chi connectivity index (χ2v) is 15.4. The summed E-state index contributed by atoms with van der Waals surface area (Å²) in [4.78, 5) is 7.64. The van der Waals surface area contributed by atoms with Crippen molar-refractivity contribution in [3.05, 3.63) is 181 Å². The topological polar surface area (TPSA) is 46.6 Å². The van der Waals surface area contributed by atoms with Crippen molar-refractivity contribution in [1.29, 1.82) is 0 Å². The normalized spacial score (nSPS) is 13.3. The first kappa shape index (κ1) is 31.1. The van der Waals surface area contributed by atoms with Gasteiger partial charge in [-0.15, -0.1) is 0 Å². The number of pyridine rings is 2. The zero-order chi connectivity index (χ0) is 37.1. The van der Waals surface area contributed by atoms with Gasteiger partial charge in [0.15, 0.2) is 0 Å². The van der Waals surface area contributed by atoms with Gasteiger partial charge in [0.2, 0.25) is 0 Å². The largest absolute Gasteiger partial charge is 0.455 e. The van der Waals surface area contributed by atoms with Gasteiger partial charge < -0.3 is 4.42 Å². The monoisotopic (exact) mass is 718 g/mol. The number of anilines is 3. The zero-order valence-corrected chi connectivity index (χ0v) is 30.9. The lowest BCUT2D eigenvalue weighted by Gasteiger charge is -2.28. The summed E-state index contributed by atoms with van der Waals surface area (Å²) >= 11 is 0. The van der Waals surface area contributed by atoms with Gasteiger partial charge in [-0.05, 0) is 82.9 Å². The van der Waals surface area contributed by atoms with Crippen molar-refractivity contribution < 1.29 is 4.42 Å². The number of hydrogen-bond donors (Lipinski definition) is 0. The fraction of sp³-hybridized carbons (Fsp3) is 0.0588. The summed E-state index contributed by atoms with van der Waals surface area (Å²) in [7, 11) is 0. The molecule has 1 aliphatic carbocycles. The Morgan fingerprint density at radius 1 is 0.536 bits per heavy atom. The van der Waals surface area contributed by atoms with Crippen LogP contribution in [0.5, 0.6) is 0 Å². The number of hydrogen-bond acceptors (Lipinski definition) is 4. The number of aromatic nitrogens is 3. The van der Waals surface area contributed by atoms with Crippen molar-refractivity contribution in [2.75, 3.05) is 4.90 Å². The van der Waals surface area contributed by atoms with E-state index in [0.717, 1.165) is 88.5 Å². The molecule has 0 amide bonds. The van der Waals surface area contributed by atoms with Gasteiger partial charge in [-0.3, -0.25) is 4.90 Å².